The Morgan fingerprint density at radius 3 is 2.80 bits per heavy atom. The van der Waals surface area contributed by atoms with Crippen molar-refractivity contribution in [2.75, 3.05) is 0 Å². The molecule has 3 heteroatoms. The van der Waals surface area contributed by atoms with Crippen molar-refractivity contribution in [3.8, 4) is 0 Å². The molecule has 2 aliphatic rings. The summed E-state index contributed by atoms with van der Waals surface area (Å²) in [6.07, 6.45) is 4.65. The molecule has 0 aromatic rings. The van der Waals surface area contributed by atoms with E-state index in [-0.39, 0.29) is 0 Å². The van der Waals surface area contributed by atoms with E-state index >= 15 is 0 Å². The van der Waals surface area contributed by atoms with Gasteiger partial charge in [0.1, 0.15) is 0 Å². The monoisotopic (exact) mass is 226 g/mol. The summed E-state index contributed by atoms with van der Waals surface area (Å²) in [6, 6.07) is 0.995. The number of hydrogen-bond donors (Lipinski definition) is 1. The lowest BCUT2D eigenvalue weighted by Gasteiger charge is -2.27. The second kappa shape index (κ2) is 4.10. The summed E-state index contributed by atoms with van der Waals surface area (Å²) in [4.78, 5) is 4.85. The van der Waals surface area contributed by atoms with Crippen LogP contribution in [0.2, 0.25) is 0 Å². The van der Waals surface area contributed by atoms with Gasteiger partial charge in [-0.3, -0.25) is 4.99 Å². The van der Waals surface area contributed by atoms with Gasteiger partial charge < -0.3 is 5.73 Å². The van der Waals surface area contributed by atoms with Gasteiger partial charge in [0.25, 0.3) is 0 Å². The van der Waals surface area contributed by atoms with Crippen molar-refractivity contribution in [3.63, 3.8) is 0 Å². The number of rotatable bonds is 1. The Morgan fingerprint density at radius 1 is 1.40 bits per heavy atom. The summed E-state index contributed by atoms with van der Waals surface area (Å²) in [5.41, 5.74) is 6.36. The second-order valence-electron chi connectivity index (χ2n) is 6.06. The van der Waals surface area contributed by atoms with Crippen LogP contribution in [0.15, 0.2) is 4.99 Å². The van der Waals surface area contributed by atoms with E-state index in [4.69, 9.17) is 10.7 Å². The van der Waals surface area contributed by atoms with Crippen LogP contribution in [0.25, 0.3) is 0 Å². The number of fused-ring (bicyclic) bond motifs is 1. The highest BCUT2D eigenvalue weighted by atomic mass is 32.2. The van der Waals surface area contributed by atoms with Crippen LogP contribution in [0.1, 0.15) is 46.5 Å². The third-order valence-electron chi connectivity index (χ3n) is 3.08. The Balaban J connectivity index is 1.96. The normalized spacial score (nSPS) is 36.3. The zero-order valence-electron chi connectivity index (χ0n) is 9.99. The van der Waals surface area contributed by atoms with Crippen LogP contribution in [0.3, 0.4) is 0 Å². The van der Waals surface area contributed by atoms with Crippen molar-refractivity contribution in [2.45, 2.75) is 63.8 Å². The van der Waals surface area contributed by atoms with Crippen LogP contribution in [0, 0.1) is 5.41 Å². The molecule has 2 N–H and O–H groups in total. The second-order valence-corrected chi connectivity index (χ2v) is 7.37. The minimum Gasteiger partial charge on any atom is -0.328 e. The number of nitrogens with two attached hydrogens (primary N) is 1. The van der Waals surface area contributed by atoms with E-state index in [9.17, 15) is 0 Å². The van der Waals surface area contributed by atoms with Crippen LogP contribution in [0.5, 0.6) is 0 Å². The van der Waals surface area contributed by atoms with Gasteiger partial charge >= 0.3 is 0 Å². The first-order valence-corrected chi connectivity index (χ1v) is 6.81. The molecule has 0 radical (unpaired) electrons. The van der Waals surface area contributed by atoms with Crippen LogP contribution in [-0.4, -0.2) is 22.4 Å². The molecule has 1 fully saturated rings. The van der Waals surface area contributed by atoms with Crippen LogP contribution in [0.4, 0.5) is 0 Å². The maximum Gasteiger partial charge on any atom is 0.0688 e. The third-order valence-corrected chi connectivity index (χ3v) is 4.41. The van der Waals surface area contributed by atoms with Gasteiger partial charge in [0, 0.05) is 17.7 Å². The number of hydrogen-bond acceptors (Lipinski definition) is 3. The summed E-state index contributed by atoms with van der Waals surface area (Å²) in [5, 5.41) is 2.05. The molecule has 0 saturated heterocycles. The van der Waals surface area contributed by atoms with E-state index in [1.165, 1.54) is 11.5 Å². The molecule has 0 bridgehead atoms. The molecule has 1 saturated carbocycles. The zero-order chi connectivity index (χ0) is 11.1. The molecule has 1 aliphatic carbocycles. The maximum atomic E-state index is 6.00. The topological polar surface area (TPSA) is 38.4 Å². The van der Waals surface area contributed by atoms with Crippen LogP contribution >= 0.6 is 11.8 Å². The summed E-state index contributed by atoms with van der Waals surface area (Å²) < 4.78 is 0. The molecule has 2 nitrogen and oxygen atoms in total. The van der Waals surface area contributed by atoms with Gasteiger partial charge in [0.15, 0.2) is 0 Å². The quantitative estimate of drug-likeness (QED) is 0.746. The highest BCUT2D eigenvalue weighted by Gasteiger charge is 2.35. The molecule has 1 aliphatic heterocycles. The summed E-state index contributed by atoms with van der Waals surface area (Å²) in [7, 11) is 0. The van der Waals surface area contributed by atoms with Gasteiger partial charge in [0.2, 0.25) is 0 Å². The smallest absolute Gasteiger partial charge is 0.0688 e. The van der Waals surface area contributed by atoms with E-state index in [0.717, 1.165) is 19.3 Å². The van der Waals surface area contributed by atoms with Crippen molar-refractivity contribution < 1.29 is 0 Å². The fourth-order valence-electron chi connectivity index (χ4n) is 2.35. The number of thioether (sulfide) groups is 1. The molecule has 15 heavy (non-hydrogen) atoms. The van der Waals surface area contributed by atoms with E-state index in [1.54, 1.807) is 0 Å². The van der Waals surface area contributed by atoms with Gasteiger partial charge in [0.05, 0.1) is 11.1 Å². The molecule has 2 rings (SSSR count). The molecule has 0 amide bonds. The van der Waals surface area contributed by atoms with Gasteiger partial charge in [-0.25, -0.2) is 0 Å². The first-order chi connectivity index (χ1) is 6.94. The minimum atomic E-state index is 0.363. The molecule has 3 unspecified atom stereocenters. The molecule has 86 valence electrons. The lowest BCUT2D eigenvalue weighted by molar-refractivity contribution is 0.409. The standard InChI is InChI=1S/C12H22N2S/c1-12(2,3)7-11-14-9-5-4-8(13)6-10(9)15-11/h8-10H,4-7,13H2,1-3H3. The Labute approximate surface area is 97.1 Å². The average Bonchev–Trinajstić information content (AvgIpc) is 2.42. The van der Waals surface area contributed by atoms with Crippen molar-refractivity contribution in [1.29, 1.82) is 0 Å². The minimum absolute atomic E-state index is 0.363. The number of nitrogens with zero attached hydrogens (tertiary/aromatic N) is 1. The van der Waals surface area contributed by atoms with Crippen molar-refractivity contribution in [2.24, 2.45) is 16.1 Å². The molecule has 3 atom stereocenters. The first kappa shape index (κ1) is 11.5. The van der Waals surface area contributed by atoms with Gasteiger partial charge in [-0.1, -0.05) is 20.8 Å². The molecule has 0 spiro atoms. The molecule has 1 heterocycles. The predicted octanol–water partition coefficient (Wildman–Crippen LogP) is 2.82. The van der Waals surface area contributed by atoms with Gasteiger partial charge in [-0.05, 0) is 24.7 Å². The number of aliphatic imine (C=N–C) groups is 1. The highest BCUT2D eigenvalue weighted by molar-refractivity contribution is 8.14. The third kappa shape index (κ3) is 2.97. The summed E-state index contributed by atoms with van der Waals surface area (Å²) >= 11 is 2.00. The largest absolute Gasteiger partial charge is 0.328 e. The lowest BCUT2D eigenvalue weighted by Crippen LogP contribution is -2.35. The van der Waals surface area contributed by atoms with Crippen molar-refractivity contribution in [3.05, 3.63) is 0 Å². The van der Waals surface area contributed by atoms with E-state index in [1.807, 2.05) is 11.8 Å². The van der Waals surface area contributed by atoms with Crippen molar-refractivity contribution >= 4 is 16.8 Å². The van der Waals surface area contributed by atoms with Crippen LogP contribution in [-0.2, 0) is 0 Å². The van der Waals surface area contributed by atoms with E-state index in [0.29, 0.717) is 22.7 Å². The first-order valence-electron chi connectivity index (χ1n) is 5.93. The predicted molar refractivity (Wildman–Crippen MR) is 68.5 cm³/mol. The van der Waals surface area contributed by atoms with E-state index in [2.05, 4.69) is 20.8 Å². The Bertz CT molecular complexity index is 267. The lowest BCUT2D eigenvalue weighted by atomic mass is 9.91. The van der Waals surface area contributed by atoms with Gasteiger partial charge in [-0.2, -0.15) is 0 Å². The zero-order valence-corrected chi connectivity index (χ0v) is 10.8. The Hall–Kier alpha value is -0.0200. The molecular weight excluding hydrogens is 204 g/mol. The Morgan fingerprint density at radius 2 is 2.13 bits per heavy atom. The maximum absolute atomic E-state index is 6.00. The van der Waals surface area contributed by atoms with E-state index < -0.39 is 0 Å². The molecule has 0 aromatic carbocycles. The molecule has 0 aromatic heterocycles. The van der Waals surface area contributed by atoms with Crippen molar-refractivity contribution in [1.82, 2.24) is 0 Å². The summed E-state index contributed by atoms with van der Waals surface area (Å²) in [6.45, 7) is 6.84. The van der Waals surface area contributed by atoms with Gasteiger partial charge in [-0.15, -0.1) is 11.8 Å². The molecular formula is C12H22N2S. The van der Waals surface area contributed by atoms with Crippen LogP contribution < -0.4 is 5.73 Å². The summed E-state index contributed by atoms with van der Waals surface area (Å²) in [5.74, 6) is 0. The fourth-order valence-corrected chi connectivity index (χ4v) is 4.11. The highest BCUT2D eigenvalue weighted by Crippen LogP contribution is 2.39. The SMILES string of the molecule is CC(C)(C)CC1=NC2CCC(N)CC2S1. The Kier molecular flexibility index (Phi) is 3.13. The average molecular weight is 226 g/mol. The fraction of sp³-hybridized carbons (Fsp3) is 0.917.